The molecule has 0 aromatic carbocycles. The molecule has 28 heteroatoms. The van der Waals surface area contributed by atoms with Crippen LogP contribution in [0.2, 0.25) is 0 Å². The highest BCUT2D eigenvalue weighted by molar-refractivity contribution is 4.78. The third kappa shape index (κ3) is 14.6. The fourth-order valence-electron chi connectivity index (χ4n) is 2.05. The second-order valence-corrected chi connectivity index (χ2v) is 6.75. The van der Waals surface area contributed by atoms with E-state index < -0.39 is 99.3 Å². The average molecular weight is 570 g/mol. The summed E-state index contributed by atoms with van der Waals surface area (Å²) in [7, 11) is 0. The van der Waals surface area contributed by atoms with Crippen molar-refractivity contribution in [2.45, 2.75) is 0 Å². The number of nitrogens with zero attached hydrogens (tertiary/aromatic N) is 7. The van der Waals surface area contributed by atoms with E-state index in [1.165, 1.54) is 0 Å². The van der Waals surface area contributed by atoms with Crippen LogP contribution in [0.5, 0.6) is 0 Å². The van der Waals surface area contributed by atoms with Gasteiger partial charge in [-0.3, -0.25) is 0 Å². The Hall–Kier alpha value is -5.60. The first kappa shape index (κ1) is 32.4. The maximum absolute atomic E-state index is 12.0. The molecule has 0 aliphatic rings. The Labute approximate surface area is 204 Å². The third-order valence-electron chi connectivity index (χ3n) is 3.81. The van der Waals surface area contributed by atoms with E-state index in [0.29, 0.717) is 0 Å². The lowest BCUT2D eigenvalue weighted by Crippen LogP contribution is -2.45. The molecule has 0 bridgehead atoms. The molecule has 0 fully saturated rings. The molecule has 0 aromatic rings. The first-order valence-electron chi connectivity index (χ1n) is 8.97. The molecule has 0 saturated heterocycles. The summed E-state index contributed by atoms with van der Waals surface area (Å²) < 4.78 is 0. The lowest BCUT2D eigenvalue weighted by atomic mass is 9.92. The van der Waals surface area contributed by atoms with E-state index >= 15 is 0 Å². The largest absolute Gasteiger partial charge is 0.477 e. The van der Waals surface area contributed by atoms with Crippen molar-refractivity contribution in [3.8, 4) is 0 Å². The highest BCUT2D eigenvalue weighted by Gasteiger charge is 2.42. The predicted molar refractivity (Wildman–Crippen MR) is 98.1 cm³/mol. The Bertz CT molecular complexity index is 721. The van der Waals surface area contributed by atoms with Crippen molar-refractivity contribution in [1.82, 2.24) is 0 Å². The maximum Gasteiger partial charge on any atom is 0.477 e. The quantitative estimate of drug-likeness (QED) is 0.0881. The molecule has 28 nitrogen and oxygen atoms in total. The van der Waals surface area contributed by atoms with E-state index in [2.05, 4.69) is 38.7 Å². The highest BCUT2D eigenvalue weighted by atomic mass is 17.0. The first-order chi connectivity index (χ1) is 17.6. The molecule has 0 amide bonds. The Kier molecular flexibility index (Phi) is 13.1. The number of hydrogen-bond acceptors (Lipinski definition) is 21. The van der Waals surface area contributed by atoms with E-state index in [9.17, 15) is 65.6 Å². The van der Waals surface area contributed by atoms with E-state index in [1.807, 2.05) is 0 Å². The van der Waals surface area contributed by atoms with Gasteiger partial charge in [0.15, 0.2) is 13.2 Å². The SMILES string of the molecule is O=[N+]([O-])OCC(CO[N+](=O)[O-])(CO[N+](=O)[O-])CO[N+](=O)OCC(CO[N+](=O)[O-])(CO[N+](=O)[O-])CO[N+](=O)[O-]. The first-order valence-corrected chi connectivity index (χ1v) is 8.97. The van der Waals surface area contributed by atoms with Crippen LogP contribution in [0.4, 0.5) is 0 Å². The monoisotopic (exact) mass is 570 g/mol. The van der Waals surface area contributed by atoms with Crippen molar-refractivity contribution < 1.29 is 74.3 Å². The van der Waals surface area contributed by atoms with Gasteiger partial charge in [0, 0.05) is 0 Å². The summed E-state index contributed by atoms with van der Waals surface area (Å²) >= 11 is 0. The van der Waals surface area contributed by atoms with Gasteiger partial charge >= 0.3 is 5.09 Å². The molecule has 38 heavy (non-hydrogen) atoms. The molecule has 0 unspecified atom stereocenters. The summed E-state index contributed by atoms with van der Waals surface area (Å²) in [5, 5.41) is 53.8. The van der Waals surface area contributed by atoms with Gasteiger partial charge < -0.3 is 29.0 Å². The molecule has 0 rings (SSSR count). The van der Waals surface area contributed by atoms with E-state index in [-0.39, 0.29) is 0 Å². The molecule has 0 atom stereocenters. The third-order valence-corrected chi connectivity index (χ3v) is 3.81. The van der Waals surface area contributed by atoms with Crippen LogP contribution >= 0.6 is 0 Å². The summed E-state index contributed by atoms with van der Waals surface area (Å²) in [6, 6.07) is 0. The van der Waals surface area contributed by atoms with Crippen molar-refractivity contribution in [3.05, 3.63) is 65.6 Å². The average Bonchev–Trinajstić information content (AvgIpc) is 2.81. The van der Waals surface area contributed by atoms with Crippen molar-refractivity contribution >= 4 is 0 Å². The Morgan fingerprint density at radius 3 is 0.658 bits per heavy atom. The molecular formula is C10H16N7O21+. The number of rotatable bonds is 24. The molecule has 0 spiro atoms. The van der Waals surface area contributed by atoms with Crippen molar-refractivity contribution in [2.24, 2.45) is 10.8 Å². The molecule has 0 aliphatic carbocycles. The van der Waals surface area contributed by atoms with Gasteiger partial charge in [0.05, 0.1) is 10.8 Å². The normalized spacial score (nSPS) is 10.7. The van der Waals surface area contributed by atoms with Crippen molar-refractivity contribution in [1.29, 1.82) is 0 Å². The second kappa shape index (κ2) is 15.4. The lowest BCUT2D eigenvalue weighted by Gasteiger charge is -2.28. The summed E-state index contributed by atoms with van der Waals surface area (Å²) in [4.78, 5) is 108. The summed E-state index contributed by atoms with van der Waals surface area (Å²) in [5.41, 5.74) is -4.59. The van der Waals surface area contributed by atoms with Gasteiger partial charge in [0.2, 0.25) is 0 Å². The fraction of sp³-hybridized carbons (Fsp3) is 1.00. The Morgan fingerprint density at radius 1 is 0.342 bits per heavy atom. The van der Waals surface area contributed by atoms with Gasteiger partial charge in [-0.25, -0.2) is 0 Å². The Morgan fingerprint density at radius 2 is 0.500 bits per heavy atom. The van der Waals surface area contributed by atoms with Crippen LogP contribution < -0.4 is 0 Å². The minimum atomic E-state index is -2.30. The van der Waals surface area contributed by atoms with Crippen LogP contribution in [0.15, 0.2) is 0 Å². The molecule has 216 valence electrons. The van der Waals surface area contributed by atoms with Gasteiger partial charge in [0.25, 0.3) is 30.5 Å². The summed E-state index contributed by atoms with van der Waals surface area (Å²) in [6.45, 7) is -9.89. The Balaban J connectivity index is 5.68. The fourth-order valence-corrected chi connectivity index (χ4v) is 2.05. The van der Waals surface area contributed by atoms with Crippen LogP contribution in [0.1, 0.15) is 0 Å². The molecule has 0 aromatic heterocycles. The lowest BCUT2D eigenvalue weighted by molar-refractivity contribution is -0.985. The standard InChI is InChI=1S/C10H16N7O21/c18-11(19)31-1-9(2-32-12(20)21,3-33-13(22)23)7-37-17(30)38-8-10(4-34-14(24)25,5-35-15(26)27)6-36-16(28)29/h1-8H2/q+1. The topological polar surface area (TPSA) is 353 Å². The zero-order valence-electron chi connectivity index (χ0n) is 18.4. The molecule has 0 saturated carbocycles. The minimum absolute atomic E-state index is 0.863. The zero-order valence-corrected chi connectivity index (χ0v) is 18.4. The minimum Gasteiger partial charge on any atom is -0.313 e. The summed E-state index contributed by atoms with van der Waals surface area (Å²) in [6.07, 6.45) is 0. The van der Waals surface area contributed by atoms with Gasteiger partial charge in [-0.2, -0.15) is 9.68 Å². The van der Waals surface area contributed by atoms with Gasteiger partial charge in [-0.05, 0) is 0 Å². The second-order valence-electron chi connectivity index (χ2n) is 6.75. The van der Waals surface area contributed by atoms with E-state index in [0.717, 1.165) is 0 Å². The van der Waals surface area contributed by atoms with Crippen LogP contribution in [0.3, 0.4) is 0 Å². The number of hydrogen-bond donors (Lipinski definition) is 0. The highest BCUT2D eigenvalue weighted by Crippen LogP contribution is 2.23. The van der Waals surface area contributed by atoms with Crippen LogP contribution in [0.25, 0.3) is 0 Å². The molecular weight excluding hydrogens is 554 g/mol. The van der Waals surface area contributed by atoms with Crippen LogP contribution in [-0.2, 0) is 38.7 Å². The molecule has 0 N–H and O–H groups in total. The van der Waals surface area contributed by atoms with Gasteiger partial charge in [-0.15, -0.1) is 60.7 Å². The van der Waals surface area contributed by atoms with Gasteiger partial charge in [-0.1, -0.05) is 0 Å². The smallest absolute Gasteiger partial charge is 0.313 e. The molecule has 0 aliphatic heterocycles. The summed E-state index contributed by atoms with van der Waals surface area (Å²) in [5.74, 6) is 0. The van der Waals surface area contributed by atoms with Gasteiger partial charge in [0.1, 0.15) is 44.5 Å². The van der Waals surface area contributed by atoms with Crippen LogP contribution in [0, 0.1) is 76.4 Å². The van der Waals surface area contributed by atoms with Crippen LogP contribution in [-0.4, -0.2) is 88.5 Å². The van der Waals surface area contributed by atoms with E-state index in [1.54, 1.807) is 0 Å². The molecule has 0 radical (unpaired) electrons. The van der Waals surface area contributed by atoms with Crippen molar-refractivity contribution in [2.75, 3.05) is 52.9 Å². The predicted octanol–water partition coefficient (Wildman–Crippen LogP) is -2.15. The zero-order chi connectivity index (χ0) is 29.4. The van der Waals surface area contributed by atoms with E-state index in [4.69, 9.17) is 0 Å². The van der Waals surface area contributed by atoms with Crippen molar-refractivity contribution in [3.63, 3.8) is 0 Å². The maximum atomic E-state index is 12.0. The molecule has 0 heterocycles.